The number of carbonyl (C=O) groups excluding carboxylic acids is 1. The maximum absolute atomic E-state index is 12.2. The van der Waals surface area contributed by atoms with E-state index in [0.29, 0.717) is 24.9 Å². The molecule has 1 aromatic heterocycles. The first-order valence-corrected chi connectivity index (χ1v) is 11.1. The second-order valence-corrected chi connectivity index (χ2v) is 9.15. The Morgan fingerprint density at radius 1 is 1.24 bits per heavy atom. The first-order valence-electron chi connectivity index (χ1n) is 11.1. The lowest BCUT2D eigenvalue weighted by Gasteiger charge is -2.33. The van der Waals surface area contributed by atoms with Crippen LogP contribution in [-0.2, 0) is 4.74 Å². The molecule has 0 unspecified atom stereocenters. The van der Waals surface area contributed by atoms with E-state index in [1.54, 1.807) is 23.2 Å². The van der Waals surface area contributed by atoms with Crippen molar-refractivity contribution < 1.29 is 14.3 Å². The van der Waals surface area contributed by atoms with Gasteiger partial charge in [0.2, 0.25) is 11.8 Å². The van der Waals surface area contributed by atoms with Crippen molar-refractivity contribution >= 4 is 18.1 Å². The summed E-state index contributed by atoms with van der Waals surface area (Å²) in [6.07, 6.45) is 6.18. The molecule has 8 nitrogen and oxygen atoms in total. The molecule has 3 rings (SSSR count). The van der Waals surface area contributed by atoms with Crippen LogP contribution in [0.3, 0.4) is 0 Å². The molecule has 1 aromatic carbocycles. The van der Waals surface area contributed by atoms with E-state index < -0.39 is 5.60 Å². The molecule has 1 aliphatic rings. The van der Waals surface area contributed by atoms with Gasteiger partial charge in [-0.15, -0.1) is 0 Å². The minimum absolute atomic E-state index is 0.161. The molecule has 0 saturated carbocycles. The maximum Gasteiger partial charge on any atom is 0.410 e. The van der Waals surface area contributed by atoms with E-state index in [9.17, 15) is 4.79 Å². The van der Waals surface area contributed by atoms with Gasteiger partial charge in [0.1, 0.15) is 11.4 Å². The van der Waals surface area contributed by atoms with Crippen molar-refractivity contribution in [1.29, 1.82) is 5.26 Å². The molecule has 8 heteroatoms. The van der Waals surface area contributed by atoms with E-state index in [1.807, 2.05) is 52.8 Å². The summed E-state index contributed by atoms with van der Waals surface area (Å²) in [6.45, 7) is 10.8. The quantitative estimate of drug-likeness (QED) is 0.624. The van der Waals surface area contributed by atoms with Gasteiger partial charge >= 0.3 is 6.09 Å². The van der Waals surface area contributed by atoms with Crippen LogP contribution in [0.15, 0.2) is 30.5 Å². The Bertz CT molecular complexity index is 1040. The highest BCUT2D eigenvalue weighted by molar-refractivity contribution is 5.68. The van der Waals surface area contributed by atoms with E-state index in [1.165, 1.54) is 6.08 Å². The SMILES string of the molecule is Cc1cc(/C=C/C#N)cc(C)c1Oc1ccnc(NC2CCN(C(=O)OC(C)(C)C)CC2)n1. The number of likely N-dealkylation sites (tertiary alicyclic amines) is 1. The summed E-state index contributed by atoms with van der Waals surface area (Å²) in [5.41, 5.74) is 2.36. The van der Waals surface area contributed by atoms with E-state index in [0.717, 1.165) is 35.3 Å². The van der Waals surface area contributed by atoms with Crippen LogP contribution >= 0.6 is 0 Å². The summed E-state index contributed by atoms with van der Waals surface area (Å²) in [5, 5.41) is 12.1. The molecule has 1 N–H and O–H groups in total. The lowest BCUT2D eigenvalue weighted by Crippen LogP contribution is -2.44. The minimum Gasteiger partial charge on any atom is -0.444 e. The van der Waals surface area contributed by atoms with Gasteiger partial charge in [-0.1, -0.05) is 0 Å². The first kappa shape index (κ1) is 24.1. The van der Waals surface area contributed by atoms with Crippen LogP contribution in [0.5, 0.6) is 11.6 Å². The van der Waals surface area contributed by atoms with Crippen molar-refractivity contribution in [3.05, 3.63) is 47.2 Å². The fourth-order valence-electron chi connectivity index (χ4n) is 3.66. The van der Waals surface area contributed by atoms with Crippen molar-refractivity contribution in [2.24, 2.45) is 0 Å². The fourth-order valence-corrected chi connectivity index (χ4v) is 3.66. The van der Waals surface area contributed by atoms with Crippen molar-refractivity contribution in [2.75, 3.05) is 18.4 Å². The summed E-state index contributed by atoms with van der Waals surface area (Å²) in [6, 6.07) is 7.82. The molecule has 174 valence electrons. The van der Waals surface area contributed by atoms with Crippen LogP contribution in [0.4, 0.5) is 10.7 Å². The number of carbonyl (C=O) groups is 1. The number of piperidine rings is 1. The van der Waals surface area contributed by atoms with Crippen molar-refractivity contribution in [2.45, 2.75) is 59.1 Å². The summed E-state index contributed by atoms with van der Waals surface area (Å²) in [4.78, 5) is 22.8. The molecular weight excluding hydrogens is 418 g/mol. The number of nitriles is 1. The minimum atomic E-state index is -0.495. The summed E-state index contributed by atoms with van der Waals surface area (Å²) >= 11 is 0. The largest absolute Gasteiger partial charge is 0.444 e. The highest BCUT2D eigenvalue weighted by atomic mass is 16.6. The molecule has 0 radical (unpaired) electrons. The molecule has 1 amide bonds. The van der Waals surface area contributed by atoms with Gasteiger partial charge < -0.3 is 19.7 Å². The van der Waals surface area contributed by atoms with Gasteiger partial charge in [0, 0.05) is 37.5 Å². The molecule has 0 atom stereocenters. The number of ether oxygens (including phenoxy) is 2. The van der Waals surface area contributed by atoms with Crippen LogP contribution in [-0.4, -0.2) is 45.7 Å². The lowest BCUT2D eigenvalue weighted by molar-refractivity contribution is 0.0210. The molecule has 2 heterocycles. The van der Waals surface area contributed by atoms with Crippen LogP contribution < -0.4 is 10.1 Å². The van der Waals surface area contributed by atoms with Gasteiger partial charge in [0.05, 0.1) is 6.07 Å². The normalized spacial score (nSPS) is 14.7. The number of nitrogens with zero attached hydrogens (tertiary/aromatic N) is 4. The van der Waals surface area contributed by atoms with Crippen molar-refractivity contribution in [1.82, 2.24) is 14.9 Å². The third-order valence-electron chi connectivity index (χ3n) is 5.15. The summed E-state index contributed by atoms with van der Waals surface area (Å²) in [5.74, 6) is 1.68. The third-order valence-corrected chi connectivity index (χ3v) is 5.15. The van der Waals surface area contributed by atoms with Crippen LogP contribution in [0, 0.1) is 25.2 Å². The number of aryl methyl sites for hydroxylation is 2. The van der Waals surface area contributed by atoms with Gasteiger partial charge in [0.15, 0.2) is 0 Å². The maximum atomic E-state index is 12.2. The molecule has 1 fully saturated rings. The van der Waals surface area contributed by atoms with E-state index in [2.05, 4.69) is 15.3 Å². The molecular formula is C25H31N5O3. The third kappa shape index (κ3) is 6.94. The highest BCUT2D eigenvalue weighted by Crippen LogP contribution is 2.30. The number of aromatic nitrogens is 2. The van der Waals surface area contributed by atoms with E-state index in [-0.39, 0.29) is 12.1 Å². The topological polar surface area (TPSA) is 100 Å². The Morgan fingerprint density at radius 2 is 1.91 bits per heavy atom. The Hall–Kier alpha value is -3.60. The van der Waals surface area contributed by atoms with Crippen LogP contribution in [0.2, 0.25) is 0 Å². The summed E-state index contributed by atoms with van der Waals surface area (Å²) in [7, 11) is 0. The second kappa shape index (κ2) is 10.3. The summed E-state index contributed by atoms with van der Waals surface area (Å²) < 4.78 is 11.5. The van der Waals surface area contributed by atoms with Gasteiger partial charge in [-0.05, 0) is 82.4 Å². The molecule has 33 heavy (non-hydrogen) atoms. The zero-order valence-corrected chi connectivity index (χ0v) is 19.9. The van der Waals surface area contributed by atoms with Crippen molar-refractivity contribution in [3.8, 4) is 17.7 Å². The monoisotopic (exact) mass is 449 g/mol. The number of hydrogen-bond acceptors (Lipinski definition) is 7. The Balaban J connectivity index is 1.61. The molecule has 1 aliphatic heterocycles. The molecule has 0 bridgehead atoms. The van der Waals surface area contributed by atoms with Crippen molar-refractivity contribution in [3.63, 3.8) is 0 Å². The number of nitrogens with one attached hydrogen (secondary N) is 1. The number of allylic oxidation sites excluding steroid dienone is 1. The average molecular weight is 450 g/mol. The number of benzene rings is 1. The smallest absolute Gasteiger partial charge is 0.410 e. The first-order chi connectivity index (χ1) is 15.6. The van der Waals surface area contributed by atoms with Gasteiger partial charge in [-0.3, -0.25) is 0 Å². The zero-order chi connectivity index (χ0) is 24.0. The molecule has 0 aliphatic carbocycles. The molecule has 2 aromatic rings. The van der Waals surface area contributed by atoms with Gasteiger partial charge in [0.25, 0.3) is 0 Å². The number of amides is 1. The van der Waals surface area contributed by atoms with E-state index in [4.69, 9.17) is 14.7 Å². The average Bonchev–Trinajstić information content (AvgIpc) is 2.74. The zero-order valence-electron chi connectivity index (χ0n) is 19.9. The van der Waals surface area contributed by atoms with Gasteiger partial charge in [-0.25, -0.2) is 9.78 Å². The second-order valence-electron chi connectivity index (χ2n) is 9.15. The van der Waals surface area contributed by atoms with Gasteiger partial charge in [-0.2, -0.15) is 10.2 Å². The number of hydrogen-bond donors (Lipinski definition) is 1. The Morgan fingerprint density at radius 3 is 2.52 bits per heavy atom. The standard InChI is InChI=1S/C25H31N5O3/c1-17-15-19(7-6-11-26)16-18(2)22(17)32-21-8-12-27-23(29-21)28-20-9-13-30(14-10-20)24(31)33-25(3,4)5/h6-8,12,15-16,20H,9-10,13-14H2,1-5H3,(H,27,28,29)/b7-6+. The van der Waals surface area contributed by atoms with E-state index >= 15 is 0 Å². The molecule has 0 spiro atoms. The van der Waals surface area contributed by atoms with Crippen LogP contribution in [0.25, 0.3) is 6.08 Å². The van der Waals surface area contributed by atoms with Crippen LogP contribution in [0.1, 0.15) is 50.3 Å². The Kier molecular flexibility index (Phi) is 7.54. The lowest BCUT2D eigenvalue weighted by atomic mass is 10.1. The fraction of sp³-hybridized carbons (Fsp3) is 0.440. The highest BCUT2D eigenvalue weighted by Gasteiger charge is 2.27. The number of rotatable bonds is 5. The molecule has 1 saturated heterocycles. The Labute approximate surface area is 195 Å². The predicted molar refractivity (Wildman–Crippen MR) is 127 cm³/mol. The number of anilines is 1. The predicted octanol–water partition coefficient (Wildman–Crippen LogP) is 5.23.